The number of urea groups is 1. The van der Waals surface area contributed by atoms with E-state index in [1.54, 1.807) is 4.90 Å². The first-order valence-electron chi connectivity index (χ1n) is 8.02. The Bertz CT molecular complexity index is 526. The van der Waals surface area contributed by atoms with Gasteiger partial charge in [0, 0.05) is 19.6 Å². The van der Waals surface area contributed by atoms with E-state index in [1.165, 1.54) is 0 Å². The molecule has 5 nitrogen and oxygen atoms in total. The molecule has 3 rings (SSSR count). The van der Waals surface area contributed by atoms with Gasteiger partial charge in [0.2, 0.25) is 0 Å². The number of nitrogens with zero attached hydrogens (tertiary/aromatic N) is 2. The highest BCUT2D eigenvalue weighted by Gasteiger charge is 2.37. The average molecular weight is 302 g/mol. The molecule has 0 aromatic heterocycles. The zero-order chi connectivity index (χ0) is 15.4. The number of carbonyl (C=O) groups excluding carboxylic acids is 2. The molecule has 0 aliphatic carbocycles. The van der Waals surface area contributed by atoms with E-state index in [-0.39, 0.29) is 18.6 Å². The summed E-state index contributed by atoms with van der Waals surface area (Å²) in [4.78, 5) is 28.3. The smallest absolute Gasteiger partial charge is 0.329 e. The molecule has 0 saturated carbocycles. The second-order valence-electron chi connectivity index (χ2n) is 5.92. The van der Waals surface area contributed by atoms with Crippen LogP contribution >= 0.6 is 0 Å². The first-order valence-corrected chi connectivity index (χ1v) is 8.02. The highest BCUT2D eigenvalue weighted by Crippen LogP contribution is 2.22. The minimum absolute atomic E-state index is 0.00309. The van der Waals surface area contributed by atoms with Crippen molar-refractivity contribution in [2.75, 3.05) is 19.6 Å². The predicted octanol–water partition coefficient (Wildman–Crippen LogP) is 2.41. The summed E-state index contributed by atoms with van der Waals surface area (Å²) in [5.74, 6) is -0.283. The van der Waals surface area contributed by atoms with Gasteiger partial charge in [-0.25, -0.2) is 9.59 Å². The van der Waals surface area contributed by atoms with Crippen molar-refractivity contribution < 1.29 is 14.3 Å². The molecule has 0 bridgehead atoms. The molecule has 22 heavy (non-hydrogen) atoms. The molecule has 0 spiro atoms. The summed E-state index contributed by atoms with van der Waals surface area (Å²) in [7, 11) is 0. The number of hydrogen-bond donors (Lipinski definition) is 0. The van der Waals surface area contributed by atoms with Gasteiger partial charge in [0.15, 0.2) is 0 Å². The van der Waals surface area contributed by atoms with Gasteiger partial charge in [-0.2, -0.15) is 0 Å². The molecule has 1 aromatic carbocycles. The highest BCUT2D eigenvalue weighted by molar-refractivity contribution is 5.84. The molecule has 118 valence electrons. The molecular weight excluding hydrogens is 280 g/mol. The van der Waals surface area contributed by atoms with E-state index in [4.69, 9.17) is 4.74 Å². The van der Waals surface area contributed by atoms with Crippen LogP contribution in [0.15, 0.2) is 30.3 Å². The molecule has 5 heteroatoms. The van der Waals surface area contributed by atoms with Crippen LogP contribution in [-0.2, 0) is 16.1 Å². The zero-order valence-corrected chi connectivity index (χ0v) is 12.7. The summed E-state index contributed by atoms with van der Waals surface area (Å²) in [5, 5.41) is 0. The maximum atomic E-state index is 12.5. The van der Waals surface area contributed by atoms with Crippen molar-refractivity contribution >= 4 is 12.0 Å². The van der Waals surface area contributed by atoms with Gasteiger partial charge >= 0.3 is 12.0 Å². The van der Waals surface area contributed by atoms with E-state index < -0.39 is 6.04 Å². The standard InChI is InChI=1S/C17H22N2O3/c20-16(22-13-14-7-2-1-3-8-14)15-9-6-12-19(15)17(21)18-10-4-5-11-18/h1-3,7-8,15H,4-6,9-13H2/t15-/m0/s1. The number of benzene rings is 1. The Kier molecular flexibility index (Phi) is 4.61. The van der Waals surface area contributed by atoms with Crippen molar-refractivity contribution in [1.82, 2.24) is 9.80 Å². The summed E-state index contributed by atoms with van der Waals surface area (Å²) >= 11 is 0. The summed E-state index contributed by atoms with van der Waals surface area (Å²) in [6.07, 6.45) is 3.68. The van der Waals surface area contributed by atoms with Crippen LogP contribution in [0.2, 0.25) is 0 Å². The molecule has 0 radical (unpaired) electrons. The SMILES string of the molecule is O=C(OCc1ccccc1)[C@@H]1CCCN1C(=O)N1CCCC1. The molecule has 2 amide bonds. The molecule has 1 aromatic rings. The third kappa shape index (κ3) is 3.24. The Morgan fingerprint density at radius 1 is 1.05 bits per heavy atom. The van der Waals surface area contributed by atoms with E-state index in [1.807, 2.05) is 35.2 Å². The van der Waals surface area contributed by atoms with Crippen molar-refractivity contribution in [3.05, 3.63) is 35.9 Å². The van der Waals surface area contributed by atoms with Gasteiger partial charge in [0.25, 0.3) is 0 Å². The Labute approximate surface area is 130 Å². The Hall–Kier alpha value is -2.04. The van der Waals surface area contributed by atoms with Gasteiger partial charge < -0.3 is 14.5 Å². The van der Waals surface area contributed by atoms with Crippen molar-refractivity contribution in [3.63, 3.8) is 0 Å². The molecule has 2 fully saturated rings. The Morgan fingerprint density at radius 3 is 2.50 bits per heavy atom. The van der Waals surface area contributed by atoms with Crippen LogP contribution < -0.4 is 0 Å². The number of rotatable bonds is 3. The summed E-state index contributed by atoms with van der Waals surface area (Å²) in [5.41, 5.74) is 0.964. The Morgan fingerprint density at radius 2 is 1.77 bits per heavy atom. The zero-order valence-electron chi connectivity index (χ0n) is 12.7. The lowest BCUT2D eigenvalue weighted by atomic mass is 10.2. The van der Waals surface area contributed by atoms with Crippen LogP contribution in [0.3, 0.4) is 0 Å². The van der Waals surface area contributed by atoms with Gasteiger partial charge in [0.05, 0.1) is 0 Å². The summed E-state index contributed by atoms with van der Waals surface area (Å²) in [6, 6.07) is 9.20. The minimum atomic E-state index is -0.420. The van der Waals surface area contributed by atoms with Crippen LogP contribution in [0.4, 0.5) is 4.79 Å². The average Bonchev–Trinajstić information content (AvgIpc) is 3.24. The van der Waals surface area contributed by atoms with E-state index in [0.717, 1.165) is 37.9 Å². The number of hydrogen-bond acceptors (Lipinski definition) is 3. The number of amides is 2. The van der Waals surface area contributed by atoms with E-state index in [9.17, 15) is 9.59 Å². The van der Waals surface area contributed by atoms with Crippen molar-refractivity contribution in [1.29, 1.82) is 0 Å². The van der Waals surface area contributed by atoms with Crippen LogP contribution in [0, 0.1) is 0 Å². The quantitative estimate of drug-likeness (QED) is 0.806. The normalized spacial score (nSPS) is 21.2. The molecule has 0 N–H and O–H groups in total. The number of carbonyl (C=O) groups is 2. The van der Waals surface area contributed by atoms with Gasteiger partial charge in [-0.3, -0.25) is 0 Å². The molecule has 2 heterocycles. The fourth-order valence-electron chi connectivity index (χ4n) is 3.16. The van der Waals surface area contributed by atoms with Crippen molar-refractivity contribution in [2.24, 2.45) is 0 Å². The minimum Gasteiger partial charge on any atom is -0.459 e. The molecule has 0 unspecified atom stereocenters. The van der Waals surface area contributed by atoms with Crippen LogP contribution in [0.1, 0.15) is 31.2 Å². The van der Waals surface area contributed by atoms with Crippen molar-refractivity contribution in [2.45, 2.75) is 38.3 Å². The fourth-order valence-corrected chi connectivity index (χ4v) is 3.16. The third-order valence-electron chi connectivity index (χ3n) is 4.37. The highest BCUT2D eigenvalue weighted by atomic mass is 16.5. The molecule has 2 aliphatic heterocycles. The van der Waals surface area contributed by atoms with E-state index >= 15 is 0 Å². The van der Waals surface area contributed by atoms with Gasteiger partial charge in [-0.15, -0.1) is 0 Å². The van der Waals surface area contributed by atoms with Crippen LogP contribution in [-0.4, -0.2) is 47.5 Å². The first kappa shape index (κ1) is 14.9. The predicted molar refractivity (Wildman–Crippen MR) is 82.2 cm³/mol. The second-order valence-corrected chi connectivity index (χ2v) is 5.92. The van der Waals surface area contributed by atoms with Crippen LogP contribution in [0.5, 0.6) is 0 Å². The van der Waals surface area contributed by atoms with Crippen LogP contribution in [0.25, 0.3) is 0 Å². The van der Waals surface area contributed by atoms with E-state index in [0.29, 0.717) is 13.0 Å². The van der Waals surface area contributed by atoms with Crippen molar-refractivity contribution in [3.8, 4) is 0 Å². The lowest BCUT2D eigenvalue weighted by Gasteiger charge is -2.28. The number of ether oxygens (including phenoxy) is 1. The molecule has 2 aliphatic rings. The Balaban J connectivity index is 1.57. The topological polar surface area (TPSA) is 49.9 Å². The number of likely N-dealkylation sites (tertiary alicyclic amines) is 2. The molecule has 2 saturated heterocycles. The van der Waals surface area contributed by atoms with Gasteiger partial charge in [-0.1, -0.05) is 30.3 Å². The maximum Gasteiger partial charge on any atom is 0.329 e. The lowest BCUT2D eigenvalue weighted by Crippen LogP contribution is -2.47. The molecule has 1 atom stereocenters. The molecular formula is C17H22N2O3. The first-order chi connectivity index (χ1) is 10.8. The summed E-state index contributed by atoms with van der Waals surface area (Å²) in [6.45, 7) is 2.53. The fraction of sp³-hybridized carbons (Fsp3) is 0.529. The van der Waals surface area contributed by atoms with E-state index in [2.05, 4.69) is 0 Å². The second kappa shape index (κ2) is 6.81. The lowest BCUT2D eigenvalue weighted by molar-refractivity contribution is -0.149. The summed E-state index contributed by atoms with van der Waals surface area (Å²) < 4.78 is 5.40. The maximum absolute atomic E-state index is 12.5. The largest absolute Gasteiger partial charge is 0.459 e. The van der Waals surface area contributed by atoms with Gasteiger partial charge in [-0.05, 0) is 31.2 Å². The third-order valence-corrected chi connectivity index (χ3v) is 4.37. The monoisotopic (exact) mass is 302 g/mol. The van der Waals surface area contributed by atoms with Gasteiger partial charge in [0.1, 0.15) is 12.6 Å². The number of esters is 1.